The zero-order valence-electron chi connectivity index (χ0n) is 11.7. The number of aromatic nitrogens is 2. The van der Waals surface area contributed by atoms with Crippen LogP contribution >= 0.6 is 0 Å². The van der Waals surface area contributed by atoms with E-state index in [1.165, 1.54) is 0 Å². The highest BCUT2D eigenvalue weighted by Gasteiger charge is 2.31. The molecule has 2 aromatic heterocycles. The molecule has 0 atom stereocenters. The van der Waals surface area contributed by atoms with Gasteiger partial charge in [0.1, 0.15) is 0 Å². The molecule has 0 amide bonds. The fourth-order valence-corrected chi connectivity index (χ4v) is 2.92. The summed E-state index contributed by atoms with van der Waals surface area (Å²) < 4.78 is 0. The van der Waals surface area contributed by atoms with Crippen LogP contribution in [0.1, 0.15) is 12.8 Å². The fourth-order valence-electron chi connectivity index (χ4n) is 2.92. The van der Waals surface area contributed by atoms with Crippen molar-refractivity contribution in [2.45, 2.75) is 18.4 Å². The normalized spacial score (nSPS) is 18.4. The zero-order valence-corrected chi connectivity index (χ0v) is 11.7. The topological polar surface area (TPSA) is 61.3 Å². The van der Waals surface area contributed by atoms with E-state index in [9.17, 15) is 5.11 Å². The Labute approximate surface area is 118 Å². The first kappa shape index (κ1) is 13.3. The molecule has 3 rings (SSSR count). The quantitative estimate of drug-likeness (QED) is 0.878. The van der Waals surface area contributed by atoms with Crippen LogP contribution < -0.4 is 10.2 Å². The Morgan fingerprint density at radius 2 is 2.10 bits per heavy atom. The van der Waals surface area contributed by atoms with Gasteiger partial charge in [-0.2, -0.15) is 0 Å². The molecule has 2 N–H and O–H groups in total. The summed E-state index contributed by atoms with van der Waals surface area (Å²) in [5.41, 5.74) is 1.55. The van der Waals surface area contributed by atoms with Gasteiger partial charge in [-0.25, -0.2) is 0 Å². The van der Waals surface area contributed by atoms with Gasteiger partial charge >= 0.3 is 0 Å². The minimum absolute atomic E-state index is 0.577. The molecule has 3 heterocycles. The number of rotatable bonds is 3. The number of hydrogen-bond acceptors (Lipinski definition) is 5. The maximum Gasteiger partial charge on any atom is 0.0805 e. The Bertz CT molecular complexity index is 588. The van der Waals surface area contributed by atoms with Crippen molar-refractivity contribution in [2.24, 2.45) is 0 Å². The number of anilines is 1. The van der Waals surface area contributed by atoms with Gasteiger partial charge in [-0.1, -0.05) is 0 Å². The molecule has 1 saturated heterocycles. The first-order valence-corrected chi connectivity index (χ1v) is 7.02. The van der Waals surface area contributed by atoms with Crippen LogP contribution in [0.5, 0.6) is 0 Å². The third-order valence-electron chi connectivity index (χ3n) is 4.06. The molecular weight excluding hydrogens is 252 g/mol. The Morgan fingerprint density at radius 1 is 1.30 bits per heavy atom. The second-order valence-electron chi connectivity index (χ2n) is 5.46. The monoisotopic (exact) mass is 272 g/mol. The van der Waals surface area contributed by atoms with E-state index in [1.807, 2.05) is 31.6 Å². The fraction of sp³-hybridized carbons (Fsp3) is 0.467. The summed E-state index contributed by atoms with van der Waals surface area (Å²) in [6, 6.07) is 3.96. The SMILES string of the molecule is CNCC1(O)CCN(c2ccnc3ccncc23)CC1. The average Bonchev–Trinajstić information content (AvgIpc) is 2.48. The van der Waals surface area contributed by atoms with Crippen LogP contribution in [0, 0.1) is 0 Å². The molecule has 20 heavy (non-hydrogen) atoms. The van der Waals surface area contributed by atoms with Crippen LogP contribution in [-0.2, 0) is 0 Å². The van der Waals surface area contributed by atoms with E-state index >= 15 is 0 Å². The first-order chi connectivity index (χ1) is 9.72. The smallest absolute Gasteiger partial charge is 0.0805 e. The van der Waals surface area contributed by atoms with Gasteiger partial charge in [0, 0.05) is 49.3 Å². The van der Waals surface area contributed by atoms with Crippen molar-refractivity contribution in [3.63, 3.8) is 0 Å². The standard InChI is InChI=1S/C15H20N4O/c1-16-11-15(20)4-8-19(9-5-15)14-3-7-18-13-2-6-17-10-12(13)14/h2-3,6-7,10,16,20H,4-5,8-9,11H2,1H3. The van der Waals surface area contributed by atoms with Gasteiger partial charge in [0.25, 0.3) is 0 Å². The van der Waals surface area contributed by atoms with Gasteiger partial charge in [0.2, 0.25) is 0 Å². The van der Waals surface area contributed by atoms with Gasteiger partial charge in [0.15, 0.2) is 0 Å². The van der Waals surface area contributed by atoms with E-state index in [0.717, 1.165) is 42.5 Å². The predicted molar refractivity (Wildman–Crippen MR) is 79.9 cm³/mol. The lowest BCUT2D eigenvalue weighted by atomic mass is 9.91. The first-order valence-electron chi connectivity index (χ1n) is 7.02. The van der Waals surface area contributed by atoms with E-state index in [1.54, 1.807) is 6.20 Å². The van der Waals surface area contributed by atoms with Gasteiger partial charge in [-0.05, 0) is 32.0 Å². The molecule has 0 bridgehead atoms. The summed E-state index contributed by atoms with van der Waals surface area (Å²) in [5, 5.41) is 14.6. The van der Waals surface area contributed by atoms with Crippen molar-refractivity contribution < 1.29 is 5.11 Å². The highest BCUT2D eigenvalue weighted by molar-refractivity contribution is 5.90. The van der Waals surface area contributed by atoms with Crippen LogP contribution in [0.25, 0.3) is 10.9 Å². The number of nitrogens with zero attached hydrogens (tertiary/aromatic N) is 3. The Morgan fingerprint density at radius 3 is 2.85 bits per heavy atom. The van der Waals surface area contributed by atoms with Crippen LogP contribution in [-0.4, -0.2) is 47.4 Å². The molecule has 0 unspecified atom stereocenters. The predicted octanol–water partition coefficient (Wildman–Crippen LogP) is 1.18. The number of fused-ring (bicyclic) bond motifs is 1. The summed E-state index contributed by atoms with van der Waals surface area (Å²) >= 11 is 0. The van der Waals surface area contributed by atoms with Crippen molar-refractivity contribution in [1.82, 2.24) is 15.3 Å². The number of likely N-dealkylation sites (N-methyl/N-ethyl adjacent to an activating group) is 1. The van der Waals surface area contributed by atoms with Gasteiger partial charge < -0.3 is 15.3 Å². The molecule has 1 aliphatic rings. The van der Waals surface area contributed by atoms with Gasteiger partial charge in [-0.3, -0.25) is 9.97 Å². The van der Waals surface area contributed by atoms with Crippen molar-refractivity contribution >= 4 is 16.6 Å². The summed E-state index contributed by atoms with van der Waals surface area (Å²) in [6.45, 7) is 2.36. The molecule has 5 heteroatoms. The van der Waals surface area contributed by atoms with Gasteiger partial charge in [-0.15, -0.1) is 0 Å². The minimum atomic E-state index is -0.577. The molecular formula is C15H20N4O. The lowest BCUT2D eigenvalue weighted by molar-refractivity contribution is 0.0185. The Kier molecular flexibility index (Phi) is 3.54. The molecule has 1 fully saturated rings. The lowest BCUT2D eigenvalue weighted by Crippen LogP contribution is -2.49. The molecule has 0 saturated carbocycles. The number of nitrogens with one attached hydrogen (secondary N) is 1. The molecule has 5 nitrogen and oxygen atoms in total. The van der Waals surface area contributed by atoms with Crippen LogP contribution in [0.15, 0.2) is 30.7 Å². The Balaban J connectivity index is 1.84. The zero-order chi connectivity index (χ0) is 14.0. The summed E-state index contributed by atoms with van der Waals surface area (Å²) in [7, 11) is 1.88. The maximum absolute atomic E-state index is 10.4. The van der Waals surface area contributed by atoms with Crippen molar-refractivity contribution in [3.8, 4) is 0 Å². The van der Waals surface area contributed by atoms with E-state index < -0.39 is 5.60 Å². The molecule has 0 aliphatic carbocycles. The summed E-state index contributed by atoms with van der Waals surface area (Å²) in [6.07, 6.45) is 7.02. The molecule has 0 aromatic carbocycles. The van der Waals surface area contributed by atoms with Crippen molar-refractivity contribution in [2.75, 3.05) is 31.6 Å². The third kappa shape index (κ3) is 2.46. The second-order valence-corrected chi connectivity index (χ2v) is 5.46. The highest BCUT2D eigenvalue weighted by Crippen LogP contribution is 2.30. The third-order valence-corrected chi connectivity index (χ3v) is 4.06. The number of aliphatic hydroxyl groups is 1. The lowest BCUT2D eigenvalue weighted by Gasteiger charge is -2.39. The molecule has 106 valence electrons. The van der Waals surface area contributed by atoms with E-state index in [2.05, 4.69) is 20.2 Å². The van der Waals surface area contributed by atoms with Gasteiger partial charge in [0.05, 0.1) is 11.1 Å². The van der Waals surface area contributed by atoms with Crippen LogP contribution in [0.3, 0.4) is 0 Å². The number of pyridine rings is 2. The van der Waals surface area contributed by atoms with Crippen LogP contribution in [0.2, 0.25) is 0 Å². The molecule has 1 aliphatic heterocycles. The summed E-state index contributed by atoms with van der Waals surface area (Å²) in [5.74, 6) is 0. The van der Waals surface area contributed by atoms with Crippen LogP contribution in [0.4, 0.5) is 5.69 Å². The number of piperidine rings is 1. The van der Waals surface area contributed by atoms with E-state index in [-0.39, 0.29) is 0 Å². The highest BCUT2D eigenvalue weighted by atomic mass is 16.3. The maximum atomic E-state index is 10.4. The van der Waals surface area contributed by atoms with Crippen molar-refractivity contribution in [1.29, 1.82) is 0 Å². The van der Waals surface area contributed by atoms with E-state index in [4.69, 9.17) is 0 Å². The van der Waals surface area contributed by atoms with Crippen molar-refractivity contribution in [3.05, 3.63) is 30.7 Å². The largest absolute Gasteiger partial charge is 0.388 e. The van der Waals surface area contributed by atoms with E-state index in [0.29, 0.717) is 6.54 Å². The minimum Gasteiger partial charge on any atom is -0.388 e. The average molecular weight is 272 g/mol. The molecule has 0 spiro atoms. The molecule has 0 radical (unpaired) electrons. The second kappa shape index (κ2) is 5.34. The Hall–Kier alpha value is -1.72. The summed E-state index contributed by atoms with van der Waals surface area (Å²) in [4.78, 5) is 10.9. The number of hydrogen-bond donors (Lipinski definition) is 2. The molecule has 2 aromatic rings.